The number of ether oxygens (including phenoxy) is 2. The van der Waals surface area contributed by atoms with E-state index in [9.17, 15) is 0 Å². The van der Waals surface area contributed by atoms with Crippen LogP contribution < -0.4 is 9.47 Å². The molecule has 3 heteroatoms. The third kappa shape index (κ3) is 2.88. The van der Waals surface area contributed by atoms with Crippen LogP contribution in [0.3, 0.4) is 0 Å². The fourth-order valence-corrected chi connectivity index (χ4v) is 1.76. The van der Waals surface area contributed by atoms with E-state index >= 15 is 0 Å². The number of benzene rings is 1. The summed E-state index contributed by atoms with van der Waals surface area (Å²) in [6.07, 6.45) is 2.61. The molecule has 1 aromatic carbocycles. The molecule has 1 saturated carbocycles. The average molecular weight is 271 g/mol. The molecule has 2 nitrogen and oxygen atoms in total. The van der Waals surface area contributed by atoms with Gasteiger partial charge in [-0.25, -0.2) is 0 Å². The van der Waals surface area contributed by atoms with E-state index in [1.807, 2.05) is 12.1 Å². The van der Waals surface area contributed by atoms with Crippen molar-refractivity contribution in [3.05, 3.63) is 23.8 Å². The number of alkyl halides is 1. The molecule has 0 aromatic heterocycles. The molecule has 1 aromatic rings. The highest BCUT2D eigenvalue weighted by Crippen LogP contribution is 2.33. The lowest BCUT2D eigenvalue weighted by atomic mass is 10.2. The standard InChI is InChI=1S/C12H15BrO2/c1-14-12-6-10(7-13)4-5-11(12)15-8-9-2-3-9/h4-6,9H,2-3,7-8H2,1H3. The lowest BCUT2D eigenvalue weighted by Crippen LogP contribution is -2.01. The molecule has 0 heterocycles. The summed E-state index contributed by atoms with van der Waals surface area (Å²) in [6.45, 7) is 0.823. The zero-order chi connectivity index (χ0) is 10.7. The average Bonchev–Trinajstić information content (AvgIpc) is 3.10. The summed E-state index contributed by atoms with van der Waals surface area (Å²) < 4.78 is 11.0. The van der Waals surface area contributed by atoms with Crippen molar-refractivity contribution in [2.45, 2.75) is 18.2 Å². The van der Waals surface area contributed by atoms with Crippen LogP contribution in [-0.4, -0.2) is 13.7 Å². The Morgan fingerprint density at radius 2 is 2.13 bits per heavy atom. The monoisotopic (exact) mass is 270 g/mol. The number of hydrogen-bond acceptors (Lipinski definition) is 2. The molecule has 0 amide bonds. The van der Waals surface area contributed by atoms with Crippen LogP contribution in [0.5, 0.6) is 11.5 Å². The van der Waals surface area contributed by atoms with Gasteiger partial charge >= 0.3 is 0 Å². The summed E-state index contributed by atoms with van der Waals surface area (Å²) in [5, 5.41) is 0.840. The molecule has 0 saturated heterocycles. The third-order valence-electron chi connectivity index (χ3n) is 2.55. The molecule has 2 rings (SSSR count). The molecule has 82 valence electrons. The Morgan fingerprint density at radius 1 is 1.33 bits per heavy atom. The third-order valence-corrected chi connectivity index (χ3v) is 3.20. The van der Waals surface area contributed by atoms with Crippen molar-refractivity contribution in [1.82, 2.24) is 0 Å². The van der Waals surface area contributed by atoms with E-state index in [0.717, 1.165) is 29.4 Å². The van der Waals surface area contributed by atoms with E-state index in [2.05, 4.69) is 22.0 Å². The van der Waals surface area contributed by atoms with Crippen LogP contribution in [0.2, 0.25) is 0 Å². The molecule has 0 spiro atoms. The first kappa shape index (κ1) is 10.8. The highest BCUT2D eigenvalue weighted by atomic mass is 79.9. The van der Waals surface area contributed by atoms with Gasteiger partial charge in [0.15, 0.2) is 11.5 Å². The van der Waals surface area contributed by atoms with Gasteiger partial charge < -0.3 is 9.47 Å². The minimum absolute atomic E-state index is 0.769. The quantitative estimate of drug-likeness (QED) is 0.764. The van der Waals surface area contributed by atoms with E-state index < -0.39 is 0 Å². The maximum absolute atomic E-state index is 5.71. The predicted molar refractivity (Wildman–Crippen MR) is 63.8 cm³/mol. The molecular weight excluding hydrogens is 256 g/mol. The van der Waals surface area contributed by atoms with Crippen LogP contribution in [0.1, 0.15) is 18.4 Å². The maximum Gasteiger partial charge on any atom is 0.161 e. The first-order valence-electron chi connectivity index (χ1n) is 5.19. The van der Waals surface area contributed by atoms with Crippen LogP contribution in [0.4, 0.5) is 0 Å². The second kappa shape index (κ2) is 4.88. The van der Waals surface area contributed by atoms with Gasteiger partial charge in [0.2, 0.25) is 0 Å². The van der Waals surface area contributed by atoms with Gasteiger partial charge in [0.05, 0.1) is 13.7 Å². The van der Waals surface area contributed by atoms with Crippen LogP contribution in [-0.2, 0) is 5.33 Å². The highest BCUT2D eigenvalue weighted by molar-refractivity contribution is 9.08. The van der Waals surface area contributed by atoms with E-state index in [1.165, 1.54) is 18.4 Å². The van der Waals surface area contributed by atoms with Crippen molar-refractivity contribution >= 4 is 15.9 Å². The number of methoxy groups -OCH3 is 1. The Bertz CT molecular complexity index is 334. The van der Waals surface area contributed by atoms with Gasteiger partial charge in [-0.2, -0.15) is 0 Å². The van der Waals surface area contributed by atoms with Crippen molar-refractivity contribution < 1.29 is 9.47 Å². The van der Waals surface area contributed by atoms with Gasteiger partial charge in [-0.05, 0) is 36.5 Å². The number of hydrogen-bond donors (Lipinski definition) is 0. The summed E-state index contributed by atoms with van der Waals surface area (Å²) >= 11 is 3.42. The van der Waals surface area contributed by atoms with Crippen molar-refractivity contribution in [1.29, 1.82) is 0 Å². The molecule has 0 bridgehead atoms. The highest BCUT2D eigenvalue weighted by Gasteiger charge is 2.22. The van der Waals surface area contributed by atoms with Crippen molar-refractivity contribution in [3.8, 4) is 11.5 Å². The topological polar surface area (TPSA) is 18.5 Å². The number of halogens is 1. The van der Waals surface area contributed by atoms with Gasteiger partial charge in [-0.15, -0.1) is 0 Å². The minimum atomic E-state index is 0.769. The zero-order valence-electron chi connectivity index (χ0n) is 8.83. The van der Waals surface area contributed by atoms with Gasteiger partial charge in [0, 0.05) is 5.33 Å². The van der Waals surface area contributed by atoms with E-state index in [-0.39, 0.29) is 0 Å². The van der Waals surface area contributed by atoms with Crippen LogP contribution in [0.25, 0.3) is 0 Å². The molecule has 1 aliphatic rings. The first-order chi connectivity index (χ1) is 7.33. The largest absolute Gasteiger partial charge is 0.493 e. The lowest BCUT2D eigenvalue weighted by molar-refractivity contribution is 0.280. The van der Waals surface area contributed by atoms with Crippen molar-refractivity contribution in [2.24, 2.45) is 5.92 Å². The van der Waals surface area contributed by atoms with Gasteiger partial charge in [-0.3, -0.25) is 0 Å². The summed E-state index contributed by atoms with van der Waals surface area (Å²) in [7, 11) is 1.68. The zero-order valence-corrected chi connectivity index (χ0v) is 10.4. The summed E-state index contributed by atoms with van der Waals surface area (Å²) in [5.41, 5.74) is 1.20. The van der Waals surface area contributed by atoms with Crippen LogP contribution >= 0.6 is 15.9 Å². The normalized spacial score (nSPS) is 15.1. The summed E-state index contributed by atoms with van der Waals surface area (Å²) in [4.78, 5) is 0. The summed E-state index contributed by atoms with van der Waals surface area (Å²) in [5.74, 6) is 2.45. The maximum atomic E-state index is 5.71. The minimum Gasteiger partial charge on any atom is -0.493 e. The van der Waals surface area contributed by atoms with Gasteiger partial charge in [0.1, 0.15) is 0 Å². The second-order valence-electron chi connectivity index (χ2n) is 3.87. The fourth-order valence-electron chi connectivity index (χ4n) is 1.41. The van der Waals surface area contributed by atoms with Gasteiger partial charge in [-0.1, -0.05) is 22.0 Å². The van der Waals surface area contributed by atoms with Crippen LogP contribution in [0, 0.1) is 5.92 Å². The molecule has 1 aliphatic carbocycles. The van der Waals surface area contributed by atoms with E-state index in [0.29, 0.717) is 0 Å². The van der Waals surface area contributed by atoms with E-state index in [4.69, 9.17) is 9.47 Å². The Hall–Kier alpha value is -0.700. The lowest BCUT2D eigenvalue weighted by Gasteiger charge is -2.11. The summed E-state index contributed by atoms with van der Waals surface area (Å²) in [6, 6.07) is 6.05. The van der Waals surface area contributed by atoms with Crippen LogP contribution in [0.15, 0.2) is 18.2 Å². The molecule has 0 aliphatic heterocycles. The molecule has 0 radical (unpaired) electrons. The predicted octanol–water partition coefficient (Wildman–Crippen LogP) is 3.38. The Morgan fingerprint density at radius 3 is 2.73 bits per heavy atom. The first-order valence-corrected chi connectivity index (χ1v) is 6.31. The Kier molecular flexibility index (Phi) is 3.52. The molecule has 1 fully saturated rings. The molecule has 0 unspecified atom stereocenters. The molecule has 15 heavy (non-hydrogen) atoms. The van der Waals surface area contributed by atoms with Gasteiger partial charge in [0.25, 0.3) is 0 Å². The van der Waals surface area contributed by atoms with Crippen molar-refractivity contribution in [3.63, 3.8) is 0 Å². The number of rotatable bonds is 5. The molecule has 0 atom stereocenters. The SMILES string of the molecule is COc1cc(CBr)ccc1OCC1CC1. The second-order valence-corrected chi connectivity index (χ2v) is 4.43. The molecular formula is C12H15BrO2. The fraction of sp³-hybridized carbons (Fsp3) is 0.500. The van der Waals surface area contributed by atoms with E-state index in [1.54, 1.807) is 7.11 Å². The van der Waals surface area contributed by atoms with Crippen molar-refractivity contribution in [2.75, 3.05) is 13.7 Å². The smallest absolute Gasteiger partial charge is 0.161 e. The Balaban J connectivity index is 2.06. The molecule has 0 N–H and O–H groups in total. The Labute approximate surface area is 98.7 Å².